The molecule has 1 rings (SSSR count). The van der Waals surface area contributed by atoms with Crippen molar-refractivity contribution in [3.63, 3.8) is 0 Å². The van der Waals surface area contributed by atoms with Gasteiger partial charge in [0.05, 0.1) is 25.7 Å². The maximum atomic E-state index is 11.8. The smallest absolute Gasteiger partial charge is 0.223 e. The lowest BCUT2D eigenvalue weighted by Gasteiger charge is -2.17. The lowest BCUT2D eigenvalue weighted by atomic mass is 10.2. The first-order valence-corrected chi connectivity index (χ1v) is 6.92. The molecule has 0 saturated carbocycles. The van der Waals surface area contributed by atoms with Crippen LogP contribution in [0.3, 0.4) is 0 Å². The third-order valence-electron chi connectivity index (χ3n) is 2.83. The van der Waals surface area contributed by atoms with Gasteiger partial charge in [0.2, 0.25) is 5.91 Å². The number of nitrogens with one attached hydrogen (secondary N) is 1. The lowest BCUT2D eigenvalue weighted by Crippen LogP contribution is -2.38. The van der Waals surface area contributed by atoms with E-state index in [1.807, 2.05) is 12.1 Å². The molecule has 3 N–H and O–H groups in total. The summed E-state index contributed by atoms with van der Waals surface area (Å²) in [5, 5.41) is 2.95. The van der Waals surface area contributed by atoms with Crippen molar-refractivity contribution < 1.29 is 14.3 Å². The van der Waals surface area contributed by atoms with Gasteiger partial charge < -0.3 is 20.5 Å². The zero-order valence-electron chi connectivity index (χ0n) is 12.2. The van der Waals surface area contributed by atoms with Gasteiger partial charge in [0, 0.05) is 18.9 Å². The standard InChI is InChI=1S/C15H24N2O3/c1-3-5-13(11-19-2)17-15(18)8-9-20-14-7-4-6-12(16)10-14/h4,6-7,10,13H,3,5,8-9,11,16H2,1-2H3,(H,17,18). The molecule has 0 spiro atoms. The SMILES string of the molecule is CCCC(COC)NC(=O)CCOc1cccc(N)c1. The van der Waals surface area contributed by atoms with Crippen molar-refractivity contribution in [2.45, 2.75) is 32.2 Å². The number of hydrogen-bond donors (Lipinski definition) is 2. The van der Waals surface area contributed by atoms with E-state index in [-0.39, 0.29) is 11.9 Å². The molecule has 0 aliphatic rings. The molecule has 5 nitrogen and oxygen atoms in total. The van der Waals surface area contributed by atoms with Crippen LogP contribution in [0.4, 0.5) is 5.69 Å². The van der Waals surface area contributed by atoms with Crippen LogP contribution in [0.2, 0.25) is 0 Å². The number of nitrogens with two attached hydrogens (primary N) is 1. The Morgan fingerprint density at radius 3 is 2.90 bits per heavy atom. The summed E-state index contributed by atoms with van der Waals surface area (Å²) in [4.78, 5) is 11.8. The van der Waals surface area contributed by atoms with Gasteiger partial charge in [-0.3, -0.25) is 4.79 Å². The molecule has 1 aromatic rings. The predicted octanol–water partition coefficient (Wildman–Crippen LogP) is 1.97. The zero-order valence-corrected chi connectivity index (χ0v) is 12.2. The van der Waals surface area contributed by atoms with Gasteiger partial charge >= 0.3 is 0 Å². The Labute approximate surface area is 120 Å². The number of benzene rings is 1. The Morgan fingerprint density at radius 1 is 1.45 bits per heavy atom. The Bertz CT molecular complexity index is 404. The van der Waals surface area contributed by atoms with E-state index in [0.29, 0.717) is 31.1 Å². The van der Waals surface area contributed by atoms with Crippen LogP contribution in [0, 0.1) is 0 Å². The van der Waals surface area contributed by atoms with Crippen LogP contribution in [0.15, 0.2) is 24.3 Å². The number of ether oxygens (including phenoxy) is 2. The van der Waals surface area contributed by atoms with Gasteiger partial charge in [-0.1, -0.05) is 19.4 Å². The van der Waals surface area contributed by atoms with Crippen LogP contribution in [0.1, 0.15) is 26.2 Å². The number of methoxy groups -OCH3 is 1. The molecule has 1 amide bonds. The molecule has 112 valence electrons. The Morgan fingerprint density at radius 2 is 2.25 bits per heavy atom. The van der Waals surface area contributed by atoms with Crippen molar-refractivity contribution in [1.82, 2.24) is 5.32 Å². The monoisotopic (exact) mass is 280 g/mol. The van der Waals surface area contributed by atoms with E-state index in [4.69, 9.17) is 15.2 Å². The summed E-state index contributed by atoms with van der Waals surface area (Å²) >= 11 is 0. The molecule has 1 atom stereocenters. The van der Waals surface area contributed by atoms with Crippen molar-refractivity contribution in [1.29, 1.82) is 0 Å². The number of hydrogen-bond acceptors (Lipinski definition) is 4. The molecule has 20 heavy (non-hydrogen) atoms. The fourth-order valence-electron chi connectivity index (χ4n) is 1.91. The summed E-state index contributed by atoms with van der Waals surface area (Å²) in [5.41, 5.74) is 6.30. The molecule has 0 saturated heterocycles. The molecular weight excluding hydrogens is 256 g/mol. The molecule has 0 radical (unpaired) electrons. The highest BCUT2D eigenvalue weighted by Crippen LogP contribution is 2.14. The van der Waals surface area contributed by atoms with E-state index in [2.05, 4.69) is 12.2 Å². The van der Waals surface area contributed by atoms with Crippen molar-refractivity contribution in [2.75, 3.05) is 26.1 Å². The van der Waals surface area contributed by atoms with Gasteiger partial charge in [-0.05, 0) is 18.6 Å². The lowest BCUT2D eigenvalue weighted by molar-refractivity contribution is -0.122. The maximum absolute atomic E-state index is 11.8. The Kier molecular flexibility index (Phi) is 7.50. The Hall–Kier alpha value is -1.75. The van der Waals surface area contributed by atoms with Crippen molar-refractivity contribution >= 4 is 11.6 Å². The fraction of sp³-hybridized carbons (Fsp3) is 0.533. The molecule has 0 bridgehead atoms. The number of nitrogen functional groups attached to an aromatic ring is 1. The van der Waals surface area contributed by atoms with Crippen LogP contribution in [-0.4, -0.2) is 32.3 Å². The van der Waals surface area contributed by atoms with Crippen LogP contribution in [-0.2, 0) is 9.53 Å². The van der Waals surface area contributed by atoms with Gasteiger partial charge in [-0.25, -0.2) is 0 Å². The first-order valence-electron chi connectivity index (χ1n) is 6.92. The highest BCUT2D eigenvalue weighted by Gasteiger charge is 2.11. The molecule has 1 unspecified atom stereocenters. The summed E-state index contributed by atoms with van der Waals surface area (Å²) in [6.45, 7) is 2.95. The molecule has 0 aliphatic heterocycles. The first-order chi connectivity index (χ1) is 9.65. The molecule has 0 fully saturated rings. The van der Waals surface area contributed by atoms with E-state index in [1.165, 1.54) is 0 Å². The predicted molar refractivity (Wildman–Crippen MR) is 79.7 cm³/mol. The highest BCUT2D eigenvalue weighted by molar-refractivity contribution is 5.76. The van der Waals surface area contributed by atoms with E-state index >= 15 is 0 Å². The zero-order chi connectivity index (χ0) is 14.8. The third-order valence-corrected chi connectivity index (χ3v) is 2.83. The topological polar surface area (TPSA) is 73.6 Å². The van der Waals surface area contributed by atoms with E-state index in [0.717, 1.165) is 12.8 Å². The fourth-order valence-corrected chi connectivity index (χ4v) is 1.91. The second-order valence-corrected chi connectivity index (χ2v) is 4.68. The van der Waals surface area contributed by atoms with Gasteiger partial charge in [-0.15, -0.1) is 0 Å². The second kappa shape index (κ2) is 9.20. The normalized spacial score (nSPS) is 11.9. The van der Waals surface area contributed by atoms with E-state index < -0.39 is 0 Å². The van der Waals surface area contributed by atoms with Crippen LogP contribution >= 0.6 is 0 Å². The molecule has 0 heterocycles. The van der Waals surface area contributed by atoms with Crippen LogP contribution in [0.25, 0.3) is 0 Å². The summed E-state index contributed by atoms with van der Waals surface area (Å²) in [5.74, 6) is 0.657. The van der Waals surface area contributed by atoms with Gasteiger partial charge in [0.15, 0.2) is 0 Å². The van der Waals surface area contributed by atoms with Crippen LogP contribution < -0.4 is 15.8 Å². The molecular formula is C15H24N2O3. The quantitative estimate of drug-likeness (QED) is 0.678. The number of rotatable bonds is 9. The minimum atomic E-state index is -0.0237. The summed E-state index contributed by atoms with van der Waals surface area (Å²) < 4.78 is 10.6. The number of anilines is 1. The maximum Gasteiger partial charge on any atom is 0.223 e. The molecule has 1 aromatic carbocycles. The second-order valence-electron chi connectivity index (χ2n) is 4.68. The summed E-state index contributed by atoms with van der Waals surface area (Å²) in [7, 11) is 1.64. The van der Waals surface area contributed by atoms with Gasteiger partial charge in [-0.2, -0.15) is 0 Å². The molecule has 5 heteroatoms. The van der Waals surface area contributed by atoms with Crippen molar-refractivity contribution in [2.24, 2.45) is 0 Å². The number of carbonyl (C=O) groups is 1. The minimum Gasteiger partial charge on any atom is -0.493 e. The average molecular weight is 280 g/mol. The summed E-state index contributed by atoms with van der Waals surface area (Å²) in [6, 6.07) is 7.24. The van der Waals surface area contributed by atoms with Crippen molar-refractivity contribution in [3.05, 3.63) is 24.3 Å². The van der Waals surface area contributed by atoms with Crippen LogP contribution in [0.5, 0.6) is 5.75 Å². The summed E-state index contributed by atoms with van der Waals surface area (Å²) in [6.07, 6.45) is 2.24. The van der Waals surface area contributed by atoms with E-state index in [9.17, 15) is 4.79 Å². The minimum absolute atomic E-state index is 0.0237. The van der Waals surface area contributed by atoms with E-state index in [1.54, 1.807) is 19.2 Å². The molecule has 0 aromatic heterocycles. The van der Waals surface area contributed by atoms with Gasteiger partial charge in [0.1, 0.15) is 5.75 Å². The van der Waals surface area contributed by atoms with Gasteiger partial charge in [0.25, 0.3) is 0 Å². The third kappa shape index (κ3) is 6.43. The van der Waals surface area contributed by atoms with Crippen molar-refractivity contribution in [3.8, 4) is 5.75 Å². The Balaban J connectivity index is 2.28. The largest absolute Gasteiger partial charge is 0.493 e. The average Bonchev–Trinajstić information content (AvgIpc) is 2.39. The number of amides is 1. The highest BCUT2D eigenvalue weighted by atomic mass is 16.5. The first kappa shape index (κ1) is 16.3. The number of carbonyl (C=O) groups excluding carboxylic acids is 1. The molecule has 0 aliphatic carbocycles.